The number of aromatic nitrogens is 2. The SMILES string of the molecule is CC(C)(C)n1nc([C@H]2C[C@@H](O)[C@@H](O[Si](c3ccccc3)(c3ccccc3)C(C)(C)C)C2)cc1NC(=O)OCc1ccccc1. The van der Waals surface area contributed by atoms with Crippen molar-refractivity contribution >= 4 is 30.6 Å². The number of anilines is 1. The summed E-state index contributed by atoms with van der Waals surface area (Å²) in [6, 6.07) is 32.5. The van der Waals surface area contributed by atoms with Gasteiger partial charge in [-0.1, -0.05) is 112 Å². The summed E-state index contributed by atoms with van der Waals surface area (Å²) in [5.41, 5.74) is 1.35. The smallest absolute Gasteiger partial charge is 0.413 e. The van der Waals surface area contributed by atoms with Crippen molar-refractivity contribution in [2.24, 2.45) is 0 Å². The minimum atomic E-state index is -2.84. The third-order valence-corrected chi connectivity index (χ3v) is 13.5. The number of rotatable bonds is 8. The Hall–Kier alpha value is -3.72. The van der Waals surface area contributed by atoms with Crippen molar-refractivity contribution < 1.29 is 19.1 Å². The highest BCUT2D eigenvalue weighted by molar-refractivity contribution is 6.99. The first kappa shape index (κ1) is 31.7. The Labute approximate surface area is 262 Å². The maximum atomic E-state index is 12.8. The number of carbonyl (C=O) groups is 1. The average molecular weight is 612 g/mol. The van der Waals surface area contributed by atoms with Crippen molar-refractivity contribution in [2.45, 2.75) is 89.7 Å². The van der Waals surface area contributed by atoms with E-state index in [1.54, 1.807) is 0 Å². The van der Waals surface area contributed by atoms with Crippen molar-refractivity contribution in [3.63, 3.8) is 0 Å². The van der Waals surface area contributed by atoms with Gasteiger partial charge in [0.1, 0.15) is 12.4 Å². The Morgan fingerprint density at radius 3 is 1.95 bits per heavy atom. The van der Waals surface area contributed by atoms with Gasteiger partial charge in [0.25, 0.3) is 8.32 Å². The zero-order chi connectivity index (χ0) is 31.5. The molecule has 1 heterocycles. The van der Waals surface area contributed by atoms with Gasteiger partial charge in [0.2, 0.25) is 0 Å². The summed E-state index contributed by atoms with van der Waals surface area (Å²) in [6.45, 7) is 13.1. The first-order valence-corrected chi connectivity index (χ1v) is 17.3. The topological polar surface area (TPSA) is 85.6 Å². The Bertz CT molecular complexity index is 1490. The molecule has 0 bridgehead atoms. The van der Waals surface area contributed by atoms with Crippen molar-refractivity contribution in [3.05, 3.63) is 108 Å². The Kier molecular flexibility index (Phi) is 9.16. The number of nitrogens with zero attached hydrogens (tertiary/aromatic N) is 2. The van der Waals surface area contributed by atoms with Gasteiger partial charge in [0.15, 0.2) is 0 Å². The number of benzene rings is 3. The Morgan fingerprint density at radius 2 is 1.43 bits per heavy atom. The van der Waals surface area contributed by atoms with Gasteiger partial charge in [-0.2, -0.15) is 5.10 Å². The lowest BCUT2D eigenvalue weighted by Crippen LogP contribution is -2.68. The summed E-state index contributed by atoms with van der Waals surface area (Å²) in [5.74, 6) is 0.536. The van der Waals surface area contributed by atoms with Crippen LogP contribution in [0.5, 0.6) is 0 Å². The molecule has 0 radical (unpaired) electrons. The van der Waals surface area contributed by atoms with E-state index < -0.39 is 20.5 Å². The molecule has 232 valence electrons. The van der Waals surface area contributed by atoms with Crippen LogP contribution in [0.2, 0.25) is 5.04 Å². The molecule has 3 aromatic carbocycles. The van der Waals surface area contributed by atoms with Crippen molar-refractivity contribution in [3.8, 4) is 0 Å². The van der Waals surface area contributed by atoms with Gasteiger partial charge in [-0.25, -0.2) is 9.48 Å². The maximum Gasteiger partial charge on any atom is 0.413 e. The molecular formula is C36H45N3O4Si. The van der Waals surface area contributed by atoms with E-state index in [-0.39, 0.29) is 29.2 Å². The molecular weight excluding hydrogens is 566 g/mol. The van der Waals surface area contributed by atoms with Crippen LogP contribution < -0.4 is 15.7 Å². The van der Waals surface area contributed by atoms with E-state index in [0.29, 0.717) is 18.7 Å². The zero-order valence-corrected chi connectivity index (χ0v) is 27.7. The highest BCUT2D eigenvalue weighted by Gasteiger charge is 2.53. The fourth-order valence-electron chi connectivity index (χ4n) is 6.33. The van der Waals surface area contributed by atoms with Crippen molar-refractivity contribution in [1.29, 1.82) is 0 Å². The predicted molar refractivity (Wildman–Crippen MR) is 178 cm³/mol. The number of amides is 1. The van der Waals surface area contributed by atoms with Crippen LogP contribution in [-0.4, -0.2) is 41.5 Å². The second-order valence-corrected chi connectivity index (χ2v) is 18.0. The Morgan fingerprint density at radius 1 is 0.886 bits per heavy atom. The number of carbonyl (C=O) groups excluding carboxylic acids is 1. The van der Waals surface area contributed by atoms with E-state index >= 15 is 0 Å². The number of nitrogens with one attached hydrogen (secondary N) is 1. The van der Waals surface area contributed by atoms with Gasteiger partial charge >= 0.3 is 6.09 Å². The van der Waals surface area contributed by atoms with Gasteiger partial charge in [-0.3, -0.25) is 5.32 Å². The summed E-state index contributed by atoms with van der Waals surface area (Å²) in [4.78, 5) is 12.8. The summed E-state index contributed by atoms with van der Waals surface area (Å²) < 4.78 is 14.6. The van der Waals surface area contributed by atoms with Crippen LogP contribution in [0.25, 0.3) is 0 Å². The molecule has 1 aliphatic carbocycles. The van der Waals surface area contributed by atoms with E-state index in [1.807, 2.05) is 74.0 Å². The Balaban J connectivity index is 1.40. The molecule has 4 aromatic rings. The highest BCUT2D eigenvalue weighted by atomic mass is 28.4. The van der Waals surface area contributed by atoms with E-state index in [2.05, 4.69) is 74.6 Å². The van der Waals surface area contributed by atoms with Crippen molar-refractivity contribution in [1.82, 2.24) is 9.78 Å². The number of ether oxygens (including phenoxy) is 1. The predicted octanol–water partition coefficient (Wildman–Crippen LogP) is 6.57. The minimum Gasteiger partial charge on any atom is -0.444 e. The van der Waals surface area contributed by atoms with Gasteiger partial charge < -0.3 is 14.3 Å². The normalized spacial score (nSPS) is 19.1. The monoisotopic (exact) mass is 611 g/mol. The van der Waals surface area contributed by atoms with Crippen LogP contribution >= 0.6 is 0 Å². The van der Waals surface area contributed by atoms with Gasteiger partial charge in [0, 0.05) is 12.0 Å². The quantitative estimate of drug-likeness (QED) is 0.220. The van der Waals surface area contributed by atoms with E-state index in [9.17, 15) is 9.90 Å². The first-order valence-electron chi connectivity index (χ1n) is 15.4. The lowest BCUT2D eigenvalue weighted by atomic mass is 10.0. The van der Waals surface area contributed by atoms with Crippen LogP contribution in [0.4, 0.5) is 10.6 Å². The second kappa shape index (κ2) is 12.7. The van der Waals surface area contributed by atoms with Crippen molar-refractivity contribution in [2.75, 3.05) is 5.32 Å². The highest BCUT2D eigenvalue weighted by Crippen LogP contribution is 2.43. The second-order valence-electron chi connectivity index (χ2n) is 13.8. The molecule has 44 heavy (non-hydrogen) atoms. The van der Waals surface area contributed by atoms with E-state index in [4.69, 9.17) is 14.3 Å². The standard InChI is InChI=1S/C36H45N3O4Si/c1-35(2,3)39-33(37-34(41)42-25-26-16-10-7-11-17-26)24-30(38-39)27-22-31(40)32(23-27)43-44(36(4,5)6,28-18-12-8-13-19-28)29-20-14-9-15-21-29/h7-21,24,27,31-32,40H,22-23,25H2,1-6H3,(H,37,41)/t27-,31+,32-/m0/s1. The lowest BCUT2D eigenvalue weighted by Gasteiger charge is -2.45. The summed E-state index contributed by atoms with van der Waals surface area (Å²) in [5, 5.41) is 21.5. The first-order chi connectivity index (χ1) is 20.9. The molecule has 7 nitrogen and oxygen atoms in total. The fourth-order valence-corrected chi connectivity index (χ4v) is 11.0. The van der Waals surface area contributed by atoms with Crippen LogP contribution in [0.3, 0.4) is 0 Å². The van der Waals surface area contributed by atoms with Gasteiger partial charge in [-0.05, 0) is 54.6 Å². The molecule has 5 rings (SSSR count). The largest absolute Gasteiger partial charge is 0.444 e. The molecule has 1 saturated carbocycles. The summed E-state index contributed by atoms with van der Waals surface area (Å²) in [6.07, 6.45) is -0.385. The molecule has 3 atom stereocenters. The van der Waals surface area contributed by atoms with Crippen LogP contribution in [0, 0.1) is 0 Å². The van der Waals surface area contributed by atoms with Crippen LogP contribution in [-0.2, 0) is 21.3 Å². The lowest BCUT2D eigenvalue weighted by molar-refractivity contribution is 0.0539. The molecule has 0 saturated heterocycles. The summed E-state index contributed by atoms with van der Waals surface area (Å²) >= 11 is 0. The molecule has 2 N–H and O–H groups in total. The third-order valence-electron chi connectivity index (χ3n) is 8.44. The molecule has 1 amide bonds. The van der Waals surface area contributed by atoms with E-state index in [1.165, 1.54) is 10.4 Å². The van der Waals surface area contributed by atoms with Gasteiger partial charge in [-0.15, -0.1) is 0 Å². The number of aliphatic hydroxyl groups is 1. The van der Waals surface area contributed by atoms with Crippen LogP contribution in [0.15, 0.2) is 97.1 Å². The molecule has 8 heteroatoms. The minimum absolute atomic E-state index is 0.0299. The maximum absolute atomic E-state index is 12.8. The average Bonchev–Trinajstić information content (AvgIpc) is 3.59. The molecule has 0 aliphatic heterocycles. The molecule has 1 aliphatic rings. The molecule has 1 aromatic heterocycles. The van der Waals surface area contributed by atoms with Crippen LogP contribution in [0.1, 0.15) is 71.6 Å². The molecule has 0 unspecified atom stereocenters. The van der Waals surface area contributed by atoms with Gasteiger partial charge in [0.05, 0.1) is 23.4 Å². The number of aliphatic hydroxyl groups excluding tert-OH is 1. The zero-order valence-electron chi connectivity index (χ0n) is 26.7. The molecule has 0 spiro atoms. The number of hydrogen-bond acceptors (Lipinski definition) is 5. The van der Waals surface area contributed by atoms with E-state index in [0.717, 1.165) is 11.3 Å². The summed E-state index contributed by atoms with van der Waals surface area (Å²) in [7, 11) is -2.84. The molecule has 1 fully saturated rings. The third kappa shape index (κ3) is 6.67. The number of hydrogen-bond donors (Lipinski definition) is 2. The fraction of sp³-hybridized carbons (Fsp3) is 0.389.